The number of fused-ring (bicyclic) bond motifs is 1. The minimum Gasteiger partial charge on any atom is -0.493 e. The number of benzene rings is 3. The van der Waals surface area contributed by atoms with Gasteiger partial charge in [0.1, 0.15) is 11.5 Å². The average molecular weight is 477 g/mol. The monoisotopic (exact) mass is 476 g/mol. The lowest BCUT2D eigenvalue weighted by atomic mass is 10.0. The van der Waals surface area contributed by atoms with Crippen LogP contribution in [-0.2, 0) is 6.54 Å². The SMILES string of the molecule is Cc1cc(OC(C)c2nc3ccccc3n2CCCCOc2ccccc2C(C)C)ccc1Cl. The molecule has 0 spiro atoms. The Hall–Kier alpha value is -2.98. The third kappa shape index (κ3) is 5.56. The Kier molecular flexibility index (Phi) is 7.79. The van der Waals surface area contributed by atoms with Gasteiger partial charge in [-0.3, -0.25) is 0 Å². The van der Waals surface area contributed by atoms with Crippen molar-refractivity contribution in [1.82, 2.24) is 9.55 Å². The third-order valence-electron chi connectivity index (χ3n) is 6.06. The normalized spacial score (nSPS) is 12.3. The van der Waals surface area contributed by atoms with E-state index in [0.29, 0.717) is 12.5 Å². The van der Waals surface area contributed by atoms with Crippen LogP contribution in [0.2, 0.25) is 5.02 Å². The fourth-order valence-corrected chi connectivity index (χ4v) is 4.35. The highest BCUT2D eigenvalue weighted by molar-refractivity contribution is 6.31. The van der Waals surface area contributed by atoms with Gasteiger partial charge in [0, 0.05) is 11.6 Å². The number of rotatable bonds is 10. The van der Waals surface area contributed by atoms with Crippen molar-refractivity contribution < 1.29 is 9.47 Å². The molecule has 5 heteroatoms. The molecule has 1 unspecified atom stereocenters. The maximum absolute atomic E-state index is 6.26. The van der Waals surface area contributed by atoms with Gasteiger partial charge in [0.05, 0.1) is 17.6 Å². The van der Waals surface area contributed by atoms with Crippen molar-refractivity contribution in [2.45, 2.75) is 59.1 Å². The maximum atomic E-state index is 6.26. The zero-order valence-electron chi connectivity index (χ0n) is 20.4. The Bertz CT molecular complexity index is 1250. The Morgan fingerprint density at radius 1 is 0.941 bits per heavy atom. The Morgan fingerprint density at radius 2 is 1.71 bits per heavy atom. The van der Waals surface area contributed by atoms with Crippen molar-refractivity contribution in [3.63, 3.8) is 0 Å². The van der Waals surface area contributed by atoms with Gasteiger partial charge in [-0.15, -0.1) is 0 Å². The zero-order valence-corrected chi connectivity index (χ0v) is 21.2. The average Bonchev–Trinajstić information content (AvgIpc) is 3.20. The summed E-state index contributed by atoms with van der Waals surface area (Å²) in [6.07, 6.45) is 1.76. The van der Waals surface area contributed by atoms with E-state index in [1.54, 1.807) is 0 Å². The molecule has 1 atom stereocenters. The van der Waals surface area contributed by atoms with Crippen molar-refractivity contribution in [3.8, 4) is 11.5 Å². The standard InChI is InChI=1S/C29H33ClN2O2/c1-20(2)24-11-5-8-14-28(24)33-18-10-9-17-32-27-13-7-6-12-26(27)31-29(32)22(4)34-23-15-16-25(30)21(3)19-23/h5-8,11-16,19-20,22H,9-10,17-18H2,1-4H3. The first-order valence-corrected chi connectivity index (χ1v) is 12.4. The van der Waals surface area contributed by atoms with Gasteiger partial charge >= 0.3 is 0 Å². The molecule has 0 aliphatic carbocycles. The molecule has 0 saturated heterocycles. The van der Waals surface area contributed by atoms with E-state index in [1.165, 1.54) is 5.56 Å². The molecule has 0 aliphatic heterocycles. The molecule has 4 rings (SSSR count). The lowest BCUT2D eigenvalue weighted by Gasteiger charge is -2.18. The van der Waals surface area contributed by atoms with Crippen molar-refractivity contribution in [2.24, 2.45) is 0 Å². The smallest absolute Gasteiger partial charge is 0.153 e. The van der Waals surface area contributed by atoms with Crippen LogP contribution in [0.5, 0.6) is 11.5 Å². The quantitative estimate of drug-likeness (QED) is 0.217. The summed E-state index contributed by atoms with van der Waals surface area (Å²) in [5.41, 5.74) is 4.38. The van der Waals surface area contributed by atoms with Crippen molar-refractivity contribution >= 4 is 22.6 Å². The van der Waals surface area contributed by atoms with E-state index < -0.39 is 0 Å². The fourth-order valence-electron chi connectivity index (χ4n) is 4.23. The molecule has 0 aliphatic rings. The number of imidazole rings is 1. The molecule has 0 saturated carbocycles. The molecule has 4 nitrogen and oxygen atoms in total. The largest absolute Gasteiger partial charge is 0.493 e. The maximum Gasteiger partial charge on any atom is 0.153 e. The summed E-state index contributed by atoms with van der Waals surface area (Å²) in [6, 6.07) is 22.3. The summed E-state index contributed by atoms with van der Waals surface area (Å²) in [5.74, 6) is 3.17. The van der Waals surface area contributed by atoms with Crippen LogP contribution >= 0.6 is 11.6 Å². The van der Waals surface area contributed by atoms with Gasteiger partial charge < -0.3 is 14.0 Å². The summed E-state index contributed by atoms with van der Waals surface area (Å²) < 4.78 is 14.7. The molecule has 0 fully saturated rings. The number of ether oxygens (including phenoxy) is 2. The first kappa shape index (κ1) is 24.2. The van der Waals surface area contributed by atoms with Crippen LogP contribution in [0.15, 0.2) is 66.7 Å². The minimum absolute atomic E-state index is 0.192. The molecule has 1 aromatic heterocycles. The predicted octanol–water partition coefficient (Wildman–Crippen LogP) is 8.12. The third-order valence-corrected chi connectivity index (χ3v) is 6.49. The number of aromatic nitrogens is 2. The molecule has 0 amide bonds. The first-order valence-electron chi connectivity index (χ1n) is 12.0. The lowest BCUT2D eigenvalue weighted by Crippen LogP contribution is -2.13. The van der Waals surface area contributed by atoms with Crippen molar-refractivity contribution in [2.75, 3.05) is 6.61 Å². The van der Waals surface area contributed by atoms with Crippen LogP contribution in [0.25, 0.3) is 11.0 Å². The fraction of sp³-hybridized carbons (Fsp3) is 0.345. The summed E-state index contributed by atoms with van der Waals surface area (Å²) >= 11 is 6.18. The van der Waals surface area contributed by atoms with E-state index in [9.17, 15) is 0 Å². The summed E-state index contributed by atoms with van der Waals surface area (Å²) in [4.78, 5) is 4.91. The van der Waals surface area contributed by atoms with Gasteiger partial charge in [-0.1, -0.05) is 55.8 Å². The van der Waals surface area contributed by atoms with Gasteiger partial charge in [-0.2, -0.15) is 0 Å². The highest BCUT2D eigenvalue weighted by Crippen LogP contribution is 2.29. The number of nitrogens with zero attached hydrogens (tertiary/aromatic N) is 2. The van der Waals surface area contributed by atoms with E-state index in [2.05, 4.69) is 54.8 Å². The van der Waals surface area contributed by atoms with Crippen LogP contribution < -0.4 is 9.47 Å². The van der Waals surface area contributed by atoms with Crippen LogP contribution in [0.4, 0.5) is 0 Å². The topological polar surface area (TPSA) is 36.3 Å². The first-order chi connectivity index (χ1) is 16.4. The van der Waals surface area contributed by atoms with Crippen LogP contribution in [0, 0.1) is 6.92 Å². The van der Waals surface area contributed by atoms with Crippen LogP contribution in [-0.4, -0.2) is 16.2 Å². The molecule has 1 heterocycles. The Morgan fingerprint density at radius 3 is 2.50 bits per heavy atom. The summed E-state index contributed by atoms with van der Waals surface area (Å²) in [6.45, 7) is 9.98. The lowest BCUT2D eigenvalue weighted by molar-refractivity contribution is 0.210. The number of aryl methyl sites for hydroxylation is 2. The molecular weight excluding hydrogens is 444 g/mol. The minimum atomic E-state index is -0.192. The highest BCUT2D eigenvalue weighted by Gasteiger charge is 2.18. The molecule has 34 heavy (non-hydrogen) atoms. The van der Waals surface area contributed by atoms with Crippen molar-refractivity contribution in [3.05, 3.63) is 88.7 Å². The van der Waals surface area contributed by atoms with Gasteiger partial charge in [0.15, 0.2) is 11.9 Å². The number of para-hydroxylation sites is 3. The Labute approximate surface area is 207 Å². The van der Waals surface area contributed by atoms with E-state index in [4.69, 9.17) is 26.1 Å². The zero-order chi connectivity index (χ0) is 24.1. The van der Waals surface area contributed by atoms with Gasteiger partial charge in [0.25, 0.3) is 0 Å². The van der Waals surface area contributed by atoms with E-state index in [-0.39, 0.29) is 6.10 Å². The molecule has 4 aromatic rings. The van der Waals surface area contributed by atoms with Gasteiger partial charge in [0.2, 0.25) is 0 Å². The number of hydrogen-bond acceptors (Lipinski definition) is 3. The van der Waals surface area contributed by atoms with Crippen molar-refractivity contribution in [1.29, 1.82) is 0 Å². The number of hydrogen-bond donors (Lipinski definition) is 0. The summed E-state index contributed by atoms with van der Waals surface area (Å²) in [7, 11) is 0. The molecule has 3 aromatic carbocycles. The number of unbranched alkanes of at least 4 members (excludes halogenated alkanes) is 1. The molecule has 0 N–H and O–H groups in total. The second kappa shape index (κ2) is 11.0. The van der Waals surface area contributed by atoms with Crippen LogP contribution in [0.3, 0.4) is 0 Å². The molecule has 0 radical (unpaired) electrons. The Balaban J connectivity index is 1.43. The van der Waals surface area contributed by atoms with Crippen LogP contribution in [0.1, 0.15) is 62.6 Å². The molecule has 178 valence electrons. The van der Waals surface area contributed by atoms with E-state index >= 15 is 0 Å². The van der Waals surface area contributed by atoms with Gasteiger partial charge in [-0.25, -0.2) is 4.98 Å². The predicted molar refractivity (Wildman–Crippen MR) is 140 cm³/mol. The molecule has 0 bridgehead atoms. The van der Waals surface area contributed by atoms with Gasteiger partial charge in [-0.05, 0) is 80.1 Å². The van der Waals surface area contributed by atoms with E-state index in [1.807, 2.05) is 44.2 Å². The number of halogens is 1. The van der Waals surface area contributed by atoms with E-state index in [0.717, 1.165) is 58.3 Å². The second-order valence-electron chi connectivity index (χ2n) is 9.03. The highest BCUT2D eigenvalue weighted by atomic mass is 35.5. The molecular formula is C29H33ClN2O2. The second-order valence-corrected chi connectivity index (χ2v) is 9.44. The summed E-state index contributed by atoms with van der Waals surface area (Å²) in [5, 5.41) is 0.741.